The first-order chi connectivity index (χ1) is 6.93. The van der Waals surface area contributed by atoms with Gasteiger partial charge in [0.2, 0.25) is 0 Å². The van der Waals surface area contributed by atoms with Gasteiger partial charge in [-0.25, -0.2) is 0 Å². The van der Waals surface area contributed by atoms with Crippen LogP contribution in [0.3, 0.4) is 0 Å². The van der Waals surface area contributed by atoms with Gasteiger partial charge in [0.25, 0.3) is 0 Å². The van der Waals surface area contributed by atoms with Crippen LogP contribution in [0.5, 0.6) is 0 Å². The van der Waals surface area contributed by atoms with E-state index in [2.05, 4.69) is 0 Å². The quantitative estimate of drug-likeness (QED) is 0.876. The van der Waals surface area contributed by atoms with Crippen molar-refractivity contribution in [2.75, 3.05) is 0 Å². The highest BCUT2D eigenvalue weighted by atomic mass is 32.1. The number of ether oxygens (including phenoxy) is 1. The molecular formula is C9H12F3NOS. The van der Waals surface area contributed by atoms with Crippen molar-refractivity contribution in [3.63, 3.8) is 0 Å². The molecule has 6 heteroatoms. The third-order valence-electron chi connectivity index (χ3n) is 1.86. The maximum Gasteiger partial charge on any atom is 0.414 e. The fourth-order valence-corrected chi connectivity index (χ4v) is 1.73. The van der Waals surface area contributed by atoms with E-state index in [9.17, 15) is 13.2 Å². The van der Waals surface area contributed by atoms with Crippen LogP contribution in [-0.4, -0.2) is 12.3 Å². The van der Waals surface area contributed by atoms with Gasteiger partial charge in [-0.15, -0.1) is 11.3 Å². The minimum Gasteiger partial charge on any atom is -0.364 e. The Morgan fingerprint density at radius 3 is 2.47 bits per heavy atom. The summed E-state index contributed by atoms with van der Waals surface area (Å²) in [4.78, 5) is 1.69. The second-order valence-corrected chi connectivity index (χ2v) is 4.32. The van der Waals surface area contributed by atoms with E-state index in [0.29, 0.717) is 6.54 Å². The summed E-state index contributed by atoms with van der Waals surface area (Å²) in [5.74, 6) is 0. The first-order valence-electron chi connectivity index (χ1n) is 4.39. The van der Waals surface area contributed by atoms with Crippen LogP contribution in [0.15, 0.2) is 12.1 Å². The Kier molecular flexibility index (Phi) is 4.12. The SMILES string of the molecule is CC(OCc1ccc(CN)s1)C(F)(F)F. The van der Waals surface area contributed by atoms with E-state index in [0.717, 1.165) is 16.7 Å². The molecule has 15 heavy (non-hydrogen) atoms. The molecule has 0 spiro atoms. The summed E-state index contributed by atoms with van der Waals surface area (Å²) in [6, 6.07) is 3.53. The van der Waals surface area contributed by atoms with Crippen LogP contribution in [-0.2, 0) is 17.9 Å². The van der Waals surface area contributed by atoms with Crippen molar-refractivity contribution in [2.45, 2.75) is 32.4 Å². The Morgan fingerprint density at radius 2 is 2.00 bits per heavy atom. The number of hydrogen-bond acceptors (Lipinski definition) is 3. The lowest BCUT2D eigenvalue weighted by atomic mass is 10.4. The molecule has 1 aromatic rings. The van der Waals surface area contributed by atoms with Gasteiger partial charge < -0.3 is 10.5 Å². The summed E-state index contributed by atoms with van der Waals surface area (Å²) >= 11 is 1.37. The van der Waals surface area contributed by atoms with Gasteiger partial charge in [0, 0.05) is 16.3 Å². The van der Waals surface area contributed by atoms with Gasteiger partial charge in [-0.05, 0) is 19.1 Å². The van der Waals surface area contributed by atoms with Crippen LogP contribution < -0.4 is 5.73 Å². The number of rotatable bonds is 4. The second kappa shape index (κ2) is 4.96. The van der Waals surface area contributed by atoms with Crippen molar-refractivity contribution in [3.05, 3.63) is 21.9 Å². The van der Waals surface area contributed by atoms with Crippen LogP contribution in [0.2, 0.25) is 0 Å². The van der Waals surface area contributed by atoms with Crippen molar-refractivity contribution in [1.29, 1.82) is 0 Å². The lowest BCUT2D eigenvalue weighted by Crippen LogP contribution is -2.28. The maximum absolute atomic E-state index is 12.1. The van der Waals surface area contributed by atoms with Gasteiger partial charge in [0.05, 0.1) is 6.61 Å². The molecule has 1 rings (SSSR count). The molecule has 0 fully saturated rings. The zero-order valence-electron chi connectivity index (χ0n) is 8.17. The molecule has 0 radical (unpaired) electrons. The van der Waals surface area contributed by atoms with Crippen molar-refractivity contribution < 1.29 is 17.9 Å². The van der Waals surface area contributed by atoms with Gasteiger partial charge in [0.1, 0.15) is 0 Å². The van der Waals surface area contributed by atoms with Gasteiger partial charge in [0.15, 0.2) is 6.10 Å². The fraction of sp³-hybridized carbons (Fsp3) is 0.556. The lowest BCUT2D eigenvalue weighted by Gasteiger charge is -2.15. The third kappa shape index (κ3) is 3.81. The number of thiophene rings is 1. The Labute approximate surface area is 89.8 Å². The van der Waals surface area contributed by atoms with Crippen LogP contribution >= 0.6 is 11.3 Å². The Hall–Kier alpha value is -0.590. The summed E-state index contributed by atoms with van der Waals surface area (Å²) in [5, 5.41) is 0. The molecule has 1 atom stereocenters. The van der Waals surface area contributed by atoms with E-state index in [-0.39, 0.29) is 6.61 Å². The topological polar surface area (TPSA) is 35.2 Å². The average molecular weight is 239 g/mol. The molecule has 0 aliphatic heterocycles. The molecule has 0 aliphatic carbocycles. The molecule has 86 valence electrons. The number of halogens is 3. The van der Waals surface area contributed by atoms with Crippen molar-refractivity contribution >= 4 is 11.3 Å². The highest BCUT2D eigenvalue weighted by Gasteiger charge is 2.36. The summed E-state index contributed by atoms with van der Waals surface area (Å²) in [7, 11) is 0. The third-order valence-corrected chi connectivity index (χ3v) is 2.94. The molecule has 1 aromatic heterocycles. The van der Waals surface area contributed by atoms with E-state index >= 15 is 0 Å². The highest BCUT2D eigenvalue weighted by Crippen LogP contribution is 2.24. The van der Waals surface area contributed by atoms with Crippen molar-refractivity contribution in [1.82, 2.24) is 0 Å². The minimum absolute atomic E-state index is 0.0225. The van der Waals surface area contributed by atoms with Crippen LogP contribution in [0.4, 0.5) is 13.2 Å². The van der Waals surface area contributed by atoms with E-state index < -0.39 is 12.3 Å². The largest absolute Gasteiger partial charge is 0.414 e. The van der Waals surface area contributed by atoms with Crippen LogP contribution in [0.25, 0.3) is 0 Å². The molecule has 0 saturated carbocycles. The minimum atomic E-state index is -4.30. The highest BCUT2D eigenvalue weighted by molar-refractivity contribution is 7.11. The second-order valence-electron chi connectivity index (χ2n) is 3.07. The molecule has 1 heterocycles. The zero-order chi connectivity index (χ0) is 11.5. The predicted octanol–water partition coefficient (Wildman–Crippen LogP) is 2.67. The molecule has 2 nitrogen and oxygen atoms in total. The summed E-state index contributed by atoms with van der Waals surface area (Å²) in [6.45, 7) is 1.38. The monoisotopic (exact) mass is 239 g/mol. The fourth-order valence-electron chi connectivity index (χ4n) is 0.911. The van der Waals surface area contributed by atoms with Gasteiger partial charge in [-0.2, -0.15) is 13.2 Å². The molecule has 1 unspecified atom stereocenters. The molecule has 0 bridgehead atoms. The summed E-state index contributed by atoms with van der Waals surface area (Å²) < 4.78 is 40.9. The van der Waals surface area contributed by atoms with Crippen LogP contribution in [0.1, 0.15) is 16.7 Å². The van der Waals surface area contributed by atoms with Gasteiger partial charge in [-0.3, -0.25) is 0 Å². The maximum atomic E-state index is 12.1. The molecule has 2 N–H and O–H groups in total. The summed E-state index contributed by atoms with van der Waals surface area (Å²) in [5.41, 5.74) is 5.38. The van der Waals surface area contributed by atoms with Gasteiger partial charge >= 0.3 is 6.18 Å². The number of nitrogens with two attached hydrogens (primary N) is 1. The predicted molar refractivity (Wildman–Crippen MR) is 52.5 cm³/mol. The molecule has 0 amide bonds. The van der Waals surface area contributed by atoms with Gasteiger partial charge in [-0.1, -0.05) is 0 Å². The van der Waals surface area contributed by atoms with E-state index in [1.807, 2.05) is 0 Å². The zero-order valence-corrected chi connectivity index (χ0v) is 8.99. The van der Waals surface area contributed by atoms with Crippen molar-refractivity contribution in [3.8, 4) is 0 Å². The Bertz CT molecular complexity index is 311. The Morgan fingerprint density at radius 1 is 1.40 bits per heavy atom. The normalized spacial score (nSPS) is 14.2. The smallest absolute Gasteiger partial charge is 0.364 e. The average Bonchev–Trinajstić information content (AvgIpc) is 2.60. The lowest BCUT2D eigenvalue weighted by molar-refractivity contribution is -0.217. The molecular weight excluding hydrogens is 227 g/mol. The standard InChI is InChI=1S/C9H12F3NOS/c1-6(9(10,11)12)14-5-8-3-2-7(4-13)15-8/h2-3,6H,4-5,13H2,1H3. The van der Waals surface area contributed by atoms with E-state index in [1.54, 1.807) is 12.1 Å². The van der Waals surface area contributed by atoms with Crippen LogP contribution in [0, 0.1) is 0 Å². The molecule has 0 aliphatic rings. The number of hydrogen-bond donors (Lipinski definition) is 1. The molecule has 0 aromatic carbocycles. The van der Waals surface area contributed by atoms with Crippen molar-refractivity contribution in [2.24, 2.45) is 5.73 Å². The first kappa shape index (κ1) is 12.5. The van der Waals surface area contributed by atoms with E-state index in [1.165, 1.54) is 11.3 Å². The molecule has 0 saturated heterocycles. The van der Waals surface area contributed by atoms with E-state index in [4.69, 9.17) is 10.5 Å². The Balaban J connectivity index is 2.43. The first-order valence-corrected chi connectivity index (χ1v) is 5.21. The summed E-state index contributed by atoms with van der Waals surface area (Å²) in [6.07, 6.45) is -6.03. The number of alkyl halides is 3.